The van der Waals surface area contributed by atoms with Crippen LogP contribution in [-0.4, -0.2) is 11.8 Å². The Labute approximate surface area is 101 Å². The first kappa shape index (κ1) is 13.2. The van der Waals surface area contributed by atoms with Gasteiger partial charge in [0.25, 0.3) is 0 Å². The standard InChI is InChI=1S/C13H18N2O2/c1-3-9(2)13(17)15-8-10-5-4-6-11(7-10)12(14)16/h4-7,9H,3,8H2,1-2H3,(H2,14,16)(H,15,17)/t9-/m0/s1. The van der Waals surface area contributed by atoms with Crippen LogP contribution in [0, 0.1) is 5.92 Å². The fourth-order valence-electron chi connectivity index (χ4n) is 1.38. The number of carbonyl (C=O) groups is 2. The van der Waals surface area contributed by atoms with Gasteiger partial charge in [-0.15, -0.1) is 0 Å². The molecule has 4 heteroatoms. The Morgan fingerprint density at radius 2 is 2.12 bits per heavy atom. The van der Waals surface area contributed by atoms with E-state index in [-0.39, 0.29) is 11.8 Å². The summed E-state index contributed by atoms with van der Waals surface area (Å²) in [6, 6.07) is 6.95. The van der Waals surface area contributed by atoms with Crippen molar-refractivity contribution in [1.29, 1.82) is 0 Å². The SMILES string of the molecule is CC[C@H](C)C(=O)NCc1cccc(C(N)=O)c1. The molecule has 0 bridgehead atoms. The van der Waals surface area contributed by atoms with Gasteiger partial charge in [0.2, 0.25) is 11.8 Å². The predicted octanol–water partition coefficient (Wildman–Crippen LogP) is 1.45. The molecule has 0 aliphatic carbocycles. The number of hydrogen-bond acceptors (Lipinski definition) is 2. The number of primary amides is 1. The summed E-state index contributed by atoms with van der Waals surface area (Å²) in [7, 11) is 0. The van der Waals surface area contributed by atoms with Gasteiger partial charge >= 0.3 is 0 Å². The number of nitrogens with one attached hydrogen (secondary N) is 1. The lowest BCUT2D eigenvalue weighted by atomic mass is 10.1. The van der Waals surface area contributed by atoms with Crippen LogP contribution < -0.4 is 11.1 Å². The molecule has 0 unspecified atom stereocenters. The minimum Gasteiger partial charge on any atom is -0.366 e. The minimum atomic E-state index is -0.458. The maximum absolute atomic E-state index is 11.6. The summed E-state index contributed by atoms with van der Waals surface area (Å²) in [6.07, 6.45) is 0.813. The van der Waals surface area contributed by atoms with Crippen molar-refractivity contribution in [1.82, 2.24) is 5.32 Å². The largest absolute Gasteiger partial charge is 0.366 e. The third-order valence-corrected chi connectivity index (χ3v) is 2.74. The van der Waals surface area contributed by atoms with E-state index in [0.29, 0.717) is 12.1 Å². The highest BCUT2D eigenvalue weighted by Gasteiger charge is 2.09. The summed E-state index contributed by atoms with van der Waals surface area (Å²) < 4.78 is 0. The lowest BCUT2D eigenvalue weighted by molar-refractivity contribution is -0.124. The molecule has 4 nitrogen and oxygen atoms in total. The Morgan fingerprint density at radius 1 is 1.41 bits per heavy atom. The summed E-state index contributed by atoms with van der Waals surface area (Å²) in [4.78, 5) is 22.5. The molecule has 17 heavy (non-hydrogen) atoms. The number of carbonyl (C=O) groups excluding carboxylic acids is 2. The Morgan fingerprint density at radius 3 is 2.71 bits per heavy atom. The zero-order chi connectivity index (χ0) is 12.8. The fraction of sp³-hybridized carbons (Fsp3) is 0.385. The summed E-state index contributed by atoms with van der Waals surface area (Å²) in [5, 5.41) is 2.82. The number of benzene rings is 1. The van der Waals surface area contributed by atoms with E-state index in [2.05, 4.69) is 5.32 Å². The lowest BCUT2D eigenvalue weighted by Gasteiger charge is -2.10. The van der Waals surface area contributed by atoms with Gasteiger partial charge in [-0.3, -0.25) is 9.59 Å². The predicted molar refractivity (Wildman–Crippen MR) is 66.3 cm³/mol. The van der Waals surface area contributed by atoms with E-state index in [0.717, 1.165) is 12.0 Å². The lowest BCUT2D eigenvalue weighted by Crippen LogP contribution is -2.28. The van der Waals surface area contributed by atoms with Crippen molar-refractivity contribution in [2.24, 2.45) is 11.7 Å². The van der Waals surface area contributed by atoms with Crippen LogP contribution in [0.4, 0.5) is 0 Å². The van der Waals surface area contributed by atoms with Gasteiger partial charge in [0.1, 0.15) is 0 Å². The average Bonchev–Trinajstić information content (AvgIpc) is 2.35. The van der Waals surface area contributed by atoms with E-state index in [1.54, 1.807) is 18.2 Å². The average molecular weight is 234 g/mol. The van der Waals surface area contributed by atoms with Crippen molar-refractivity contribution in [3.63, 3.8) is 0 Å². The van der Waals surface area contributed by atoms with Crippen LogP contribution in [0.1, 0.15) is 36.2 Å². The van der Waals surface area contributed by atoms with Gasteiger partial charge in [-0.25, -0.2) is 0 Å². The summed E-state index contributed by atoms with van der Waals surface area (Å²) in [6.45, 7) is 4.28. The molecule has 1 aromatic carbocycles. The van der Waals surface area contributed by atoms with Gasteiger partial charge in [0, 0.05) is 18.0 Å². The van der Waals surface area contributed by atoms with Gasteiger partial charge in [-0.1, -0.05) is 26.0 Å². The first-order chi connectivity index (χ1) is 8.04. The van der Waals surface area contributed by atoms with Gasteiger partial charge in [-0.2, -0.15) is 0 Å². The highest BCUT2D eigenvalue weighted by atomic mass is 16.2. The Hall–Kier alpha value is -1.84. The highest BCUT2D eigenvalue weighted by molar-refractivity contribution is 5.92. The van der Waals surface area contributed by atoms with Crippen LogP contribution in [0.25, 0.3) is 0 Å². The van der Waals surface area contributed by atoms with Crippen molar-refractivity contribution in [2.75, 3.05) is 0 Å². The smallest absolute Gasteiger partial charge is 0.248 e. The Kier molecular flexibility index (Phi) is 4.69. The van der Waals surface area contributed by atoms with Crippen LogP contribution in [-0.2, 0) is 11.3 Å². The number of amides is 2. The van der Waals surface area contributed by atoms with Crippen molar-refractivity contribution in [3.8, 4) is 0 Å². The molecule has 1 rings (SSSR count). The molecule has 3 N–H and O–H groups in total. The van der Waals surface area contributed by atoms with Crippen LogP contribution in [0.5, 0.6) is 0 Å². The van der Waals surface area contributed by atoms with Crippen LogP contribution in [0.3, 0.4) is 0 Å². The van der Waals surface area contributed by atoms with E-state index in [1.165, 1.54) is 0 Å². The number of rotatable bonds is 5. The van der Waals surface area contributed by atoms with Gasteiger partial charge in [0.15, 0.2) is 0 Å². The van der Waals surface area contributed by atoms with Crippen molar-refractivity contribution in [3.05, 3.63) is 35.4 Å². The third-order valence-electron chi connectivity index (χ3n) is 2.74. The summed E-state index contributed by atoms with van der Waals surface area (Å²) in [5.74, 6) is -0.425. The Balaban J connectivity index is 2.60. The zero-order valence-corrected chi connectivity index (χ0v) is 10.2. The van der Waals surface area contributed by atoms with E-state index < -0.39 is 5.91 Å². The van der Waals surface area contributed by atoms with E-state index in [4.69, 9.17) is 5.73 Å². The van der Waals surface area contributed by atoms with E-state index in [9.17, 15) is 9.59 Å². The molecule has 2 amide bonds. The second-order valence-electron chi connectivity index (χ2n) is 4.09. The van der Waals surface area contributed by atoms with Crippen LogP contribution in [0.15, 0.2) is 24.3 Å². The zero-order valence-electron chi connectivity index (χ0n) is 10.2. The second kappa shape index (κ2) is 6.03. The van der Waals surface area contributed by atoms with Crippen molar-refractivity contribution >= 4 is 11.8 Å². The van der Waals surface area contributed by atoms with E-state index in [1.807, 2.05) is 19.9 Å². The quantitative estimate of drug-likeness (QED) is 0.809. The molecular formula is C13H18N2O2. The van der Waals surface area contributed by atoms with E-state index >= 15 is 0 Å². The summed E-state index contributed by atoms with van der Waals surface area (Å²) in [5.41, 5.74) is 6.51. The first-order valence-corrected chi connectivity index (χ1v) is 5.71. The van der Waals surface area contributed by atoms with Gasteiger partial charge in [-0.05, 0) is 24.1 Å². The number of hydrogen-bond donors (Lipinski definition) is 2. The van der Waals surface area contributed by atoms with Crippen LogP contribution in [0.2, 0.25) is 0 Å². The van der Waals surface area contributed by atoms with Crippen molar-refractivity contribution < 1.29 is 9.59 Å². The molecule has 0 aliphatic rings. The van der Waals surface area contributed by atoms with Gasteiger partial charge < -0.3 is 11.1 Å². The topological polar surface area (TPSA) is 72.2 Å². The fourth-order valence-corrected chi connectivity index (χ4v) is 1.38. The third kappa shape index (κ3) is 3.90. The molecule has 0 aliphatic heterocycles. The molecule has 1 aromatic rings. The molecule has 0 radical (unpaired) electrons. The molecule has 0 saturated heterocycles. The monoisotopic (exact) mass is 234 g/mol. The molecule has 1 atom stereocenters. The highest BCUT2D eigenvalue weighted by Crippen LogP contribution is 2.06. The molecule has 92 valence electrons. The molecule has 0 saturated carbocycles. The summed E-state index contributed by atoms with van der Waals surface area (Å²) >= 11 is 0. The maximum atomic E-state index is 11.6. The number of nitrogens with two attached hydrogens (primary N) is 1. The second-order valence-corrected chi connectivity index (χ2v) is 4.09. The molecule has 0 aromatic heterocycles. The Bertz CT molecular complexity index is 416. The maximum Gasteiger partial charge on any atom is 0.248 e. The minimum absolute atomic E-state index is 0.00863. The molecule has 0 fully saturated rings. The molecule has 0 heterocycles. The normalized spacial score (nSPS) is 11.9. The molecule has 0 spiro atoms. The van der Waals surface area contributed by atoms with Crippen molar-refractivity contribution in [2.45, 2.75) is 26.8 Å². The molecular weight excluding hydrogens is 216 g/mol. The first-order valence-electron chi connectivity index (χ1n) is 5.71. The van der Waals surface area contributed by atoms with Gasteiger partial charge in [0.05, 0.1) is 0 Å². The van der Waals surface area contributed by atoms with Crippen LogP contribution >= 0.6 is 0 Å².